The molecule has 0 aliphatic heterocycles. The number of Topliss-reactive ketones (excluding diaryl/α,β-unsaturated/α-hetero) is 1. The zero-order valence-electron chi connectivity index (χ0n) is 22.0. The molecule has 0 aromatic heterocycles. The lowest BCUT2D eigenvalue weighted by Crippen LogP contribution is -2.21. The lowest BCUT2D eigenvalue weighted by molar-refractivity contribution is -0.147. The van der Waals surface area contributed by atoms with Crippen molar-refractivity contribution >= 4 is 34.9 Å². The normalized spacial score (nSPS) is 10.6. The Morgan fingerprint density at radius 2 is 1.39 bits per heavy atom. The van der Waals surface area contributed by atoms with Crippen LogP contribution in [0.5, 0.6) is 11.5 Å². The number of ether oxygens (including phenoxy) is 2. The molecule has 0 saturated carbocycles. The van der Waals surface area contributed by atoms with Gasteiger partial charge in [-0.05, 0) is 85.5 Å². The first-order valence-corrected chi connectivity index (χ1v) is 12.4. The molecule has 0 bridgehead atoms. The third-order valence-electron chi connectivity index (χ3n) is 5.65. The summed E-state index contributed by atoms with van der Waals surface area (Å²) in [5.41, 5.74) is 3.79. The van der Waals surface area contributed by atoms with Crippen LogP contribution in [0.15, 0.2) is 66.7 Å². The number of ketones is 1. The lowest BCUT2D eigenvalue weighted by atomic mass is 10.0. The summed E-state index contributed by atoms with van der Waals surface area (Å²) in [5.74, 6) is 0.145. The molecule has 38 heavy (non-hydrogen) atoms. The SMILES string of the molecule is CC(=O)c1ccc(NC(=O)COC(=O)CCC(=O)Nc2ccc(Oc3cc(C)ccc3C(C)C)cc2)cc1. The van der Waals surface area contributed by atoms with Crippen LogP contribution < -0.4 is 15.4 Å². The van der Waals surface area contributed by atoms with E-state index >= 15 is 0 Å². The van der Waals surface area contributed by atoms with Crippen molar-refractivity contribution < 1.29 is 28.7 Å². The Morgan fingerprint density at radius 1 is 0.789 bits per heavy atom. The smallest absolute Gasteiger partial charge is 0.306 e. The van der Waals surface area contributed by atoms with E-state index in [0.717, 1.165) is 16.9 Å². The molecule has 0 aliphatic carbocycles. The van der Waals surface area contributed by atoms with E-state index in [2.05, 4.69) is 36.6 Å². The second kappa shape index (κ2) is 13.2. The number of carbonyl (C=O) groups excluding carboxylic acids is 4. The summed E-state index contributed by atoms with van der Waals surface area (Å²) in [6.45, 7) is 7.21. The van der Waals surface area contributed by atoms with Crippen molar-refractivity contribution in [1.29, 1.82) is 0 Å². The van der Waals surface area contributed by atoms with Gasteiger partial charge in [0.2, 0.25) is 5.91 Å². The van der Waals surface area contributed by atoms with E-state index in [9.17, 15) is 19.2 Å². The molecule has 0 saturated heterocycles. The number of benzene rings is 3. The minimum Gasteiger partial charge on any atom is -0.457 e. The van der Waals surface area contributed by atoms with Gasteiger partial charge in [0, 0.05) is 23.4 Å². The summed E-state index contributed by atoms with van der Waals surface area (Å²) >= 11 is 0. The first-order chi connectivity index (χ1) is 18.1. The van der Waals surface area contributed by atoms with Gasteiger partial charge in [0.15, 0.2) is 12.4 Å². The third kappa shape index (κ3) is 8.58. The van der Waals surface area contributed by atoms with Gasteiger partial charge in [-0.3, -0.25) is 19.2 Å². The minimum absolute atomic E-state index is 0.0785. The average Bonchev–Trinajstić information content (AvgIpc) is 2.87. The first-order valence-electron chi connectivity index (χ1n) is 12.4. The molecule has 0 unspecified atom stereocenters. The summed E-state index contributed by atoms with van der Waals surface area (Å²) < 4.78 is 11.0. The number of rotatable bonds is 11. The fourth-order valence-electron chi connectivity index (χ4n) is 3.58. The highest BCUT2D eigenvalue weighted by atomic mass is 16.5. The highest BCUT2D eigenvalue weighted by Crippen LogP contribution is 2.32. The van der Waals surface area contributed by atoms with Gasteiger partial charge in [0.05, 0.1) is 6.42 Å². The molecule has 0 atom stereocenters. The quantitative estimate of drug-likeness (QED) is 0.238. The first kappa shape index (κ1) is 28.1. The molecule has 0 heterocycles. The number of hydrogen-bond acceptors (Lipinski definition) is 6. The summed E-state index contributed by atoms with van der Waals surface area (Å²) in [7, 11) is 0. The van der Waals surface area contributed by atoms with Crippen molar-refractivity contribution in [2.75, 3.05) is 17.2 Å². The Kier molecular flexibility index (Phi) is 9.76. The van der Waals surface area contributed by atoms with Crippen molar-refractivity contribution in [3.8, 4) is 11.5 Å². The van der Waals surface area contributed by atoms with Crippen LogP contribution in [-0.4, -0.2) is 30.2 Å². The van der Waals surface area contributed by atoms with Gasteiger partial charge >= 0.3 is 5.97 Å². The second-order valence-corrected chi connectivity index (χ2v) is 9.21. The van der Waals surface area contributed by atoms with Gasteiger partial charge in [0.25, 0.3) is 5.91 Å². The predicted octanol–water partition coefficient (Wildman–Crippen LogP) is 6.01. The zero-order valence-corrected chi connectivity index (χ0v) is 22.0. The molecule has 3 aromatic carbocycles. The predicted molar refractivity (Wildman–Crippen MR) is 146 cm³/mol. The third-order valence-corrected chi connectivity index (χ3v) is 5.65. The van der Waals surface area contributed by atoms with Crippen LogP contribution in [0.25, 0.3) is 0 Å². The molecule has 8 heteroatoms. The Bertz CT molecular complexity index is 1300. The fraction of sp³-hybridized carbons (Fsp3) is 0.267. The number of nitrogens with one attached hydrogen (secondary N) is 2. The molecule has 198 valence electrons. The minimum atomic E-state index is -0.662. The number of anilines is 2. The van der Waals surface area contributed by atoms with E-state index in [1.54, 1.807) is 48.5 Å². The molecule has 3 rings (SSSR count). The summed E-state index contributed by atoms with van der Waals surface area (Å²) in [6.07, 6.45) is -0.259. The number of hydrogen-bond donors (Lipinski definition) is 2. The van der Waals surface area contributed by atoms with Crippen molar-refractivity contribution in [3.05, 3.63) is 83.4 Å². The van der Waals surface area contributed by atoms with Gasteiger partial charge < -0.3 is 20.1 Å². The average molecular weight is 517 g/mol. The van der Waals surface area contributed by atoms with E-state index in [1.807, 2.05) is 13.0 Å². The van der Waals surface area contributed by atoms with E-state index in [4.69, 9.17) is 9.47 Å². The van der Waals surface area contributed by atoms with Crippen molar-refractivity contribution in [3.63, 3.8) is 0 Å². The molecule has 0 spiro atoms. The molecule has 2 N–H and O–H groups in total. The van der Waals surface area contributed by atoms with E-state index in [1.165, 1.54) is 6.92 Å². The van der Waals surface area contributed by atoms with Crippen molar-refractivity contribution in [2.24, 2.45) is 0 Å². The molecule has 0 radical (unpaired) electrons. The lowest BCUT2D eigenvalue weighted by Gasteiger charge is -2.15. The van der Waals surface area contributed by atoms with E-state index in [0.29, 0.717) is 28.6 Å². The monoisotopic (exact) mass is 516 g/mol. The van der Waals surface area contributed by atoms with Gasteiger partial charge in [-0.1, -0.05) is 26.0 Å². The standard InChI is InChI=1S/C30H32N2O6/c1-19(2)26-14-5-20(3)17-27(26)38-25-12-10-24(11-13-25)31-28(34)15-16-30(36)37-18-29(35)32-23-8-6-22(7-9-23)21(4)33/h5-14,17,19H,15-16,18H2,1-4H3,(H,31,34)(H,32,35). The molecule has 3 aromatic rings. The Labute approximate surface area is 222 Å². The highest BCUT2D eigenvalue weighted by Gasteiger charge is 2.12. The Morgan fingerprint density at radius 3 is 2.00 bits per heavy atom. The molecule has 8 nitrogen and oxygen atoms in total. The van der Waals surface area contributed by atoms with Gasteiger partial charge in [-0.15, -0.1) is 0 Å². The summed E-state index contributed by atoms with van der Waals surface area (Å²) in [4.78, 5) is 47.5. The van der Waals surface area contributed by atoms with Crippen LogP contribution in [0.2, 0.25) is 0 Å². The maximum Gasteiger partial charge on any atom is 0.306 e. The summed E-state index contributed by atoms with van der Waals surface area (Å²) in [6, 6.07) is 19.5. The van der Waals surface area contributed by atoms with Gasteiger partial charge in [-0.25, -0.2) is 0 Å². The molecule has 2 amide bonds. The van der Waals surface area contributed by atoms with Crippen LogP contribution in [0, 0.1) is 6.92 Å². The zero-order chi connectivity index (χ0) is 27.7. The second-order valence-electron chi connectivity index (χ2n) is 9.21. The largest absolute Gasteiger partial charge is 0.457 e. The number of carbonyl (C=O) groups is 4. The number of aryl methyl sites for hydroxylation is 1. The molecular formula is C30H32N2O6. The Balaban J connectivity index is 1.41. The van der Waals surface area contributed by atoms with Gasteiger partial charge in [0.1, 0.15) is 11.5 Å². The molecule has 0 aliphatic rings. The van der Waals surface area contributed by atoms with Crippen molar-refractivity contribution in [1.82, 2.24) is 0 Å². The maximum absolute atomic E-state index is 12.3. The number of esters is 1. The van der Waals surface area contributed by atoms with Crippen molar-refractivity contribution in [2.45, 2.75) is 46.5 Å². The van der Waals surface area contributed by atoms with Gasteiger partial charge in [-0.2, -0.15) is 0 Å². The van der Waals surface area contributed by atoms with Crippen LogP contribution in [-0.2, 0) is 19.1 Å². The van der Waals surface area contributed by atoms with E-state index < -0.39 is 18.5 Å². The topological polar surface area (TPSA) is 111 Å². The van der Waals surface area contributed by atoms with Crippen LogP contribution in [0.1, 0.15) is 61.0 Å². The molecule has 0 fully saturated rings. The maximum atomic E-state index is 12.3. The van der Waals surface area contributed by atoms with Crippen LogP contribution >= 0.6 is 0 Å². The highest BCUT2D eigenvalue weighted by molar-refractivity contribution is 5.96. The number of amides is 2. The van der Waals surface area contributed by atoms with E-state index in [-0.39, 0.29) is 24.5 Å². The Hall–Kier alpha value is -4.46. The van der Waals surface area contributed by atoms with Crippen LogP contribution in [0.3, 0.4) is 0 Å². The molecular weight excluding hydrogens is 484 g/mol. The van der Waals surface area contributed by atoms with Crippen LogP contribution in [0.4, 0.5) is 11.4 Å². The summed E-state index contributed by atoms with van der Waals surface area (Å²) in [5, 5.41) is 5.31. The fourth-order valence-corrected chi connectivity index (χ4v) is 3.58.